The molecule has 0 saturated heterocycles. The van der Waals surface area contributed by atoms with Crippen molar-refractivity contribution in [3.63, 3.8) is 0 Å². The highest BCUT2D eigenvalue weighted by molar-refractivity contribution is 7.90. The van der Waals surface area contributed by atoms with Gasteiger partial charge in [-0.05, 0) is 12.1 Å². The first kappa shape index (κ1) is 10.6. The van der Waals surface area contributed by atoms with E-state index in [1.807, 2.05) is 0 Å². The highest BCUT2D eigenvalue weighted by Crippen LogP contribution is 2.08. The summed E-state index contributed by atoms with van der Waals surface area (Å²) in [5, 5.41) is -0.164. The molecule has 84 valence electrons. The van der Waals surface area contributed by atoms with Crippen LogP contribution >= 0.6 is 0 Å². The van der Waals surface area contributed by atoms with Gasteiger partial charge in [-0.15, -0.1) is 0 Å². The lowest BCUT2D eigenvalue weighted by molar-refractivity contribution is 0.598. The Kier molecular flexibility index (Phi) is 2.16. The number of H-pyrrole nitrogens is 2. The summed E-state index contributed by atoms with van der Waals surface area (Å²) in [6.07, 6.45) is 1.00. The van der Waals surface area contributed by atoms with Crippen molar-refractivity contribution in [2.75, 3.05) is 6.26 Å². The van der Waals surface area contributed by atoms with Gasteiger partial charge in [-0.3, -0.25) is 9.59 Å². The third-order valence-corrected chi connectivity index (χ3v) is 2.92. The van der Waals surface area contributed by atoms with Crippen LogP contribution < -0.4 is 11.1 Å². The molecule has 0 aliphatic rings. The molecule has 7 nitrogen and oxygen atoms in total. The third kappa shape index (κ3) is 1.74. The van der Waals surface area contributed by atoms with Gasteiger partial charge in [0.05, 0.1) is 5.52 Å². The highest BCUT2D eigenvalue weighted by atomic mass is 32.2. The molecule has 0 fully saturated rings. The minimum atomic E-state index is -3.44. The molecule has 0 unspecified atom stereocenters. The number of hydrogen-bond acceptors (Lipinski definition) is 5. The Labute approximate surface area is 89.1 Å². The highest BCUT2D eigenvalue weighted by Gasteiger charge is 2.10. The fourth-order valence-electron chi connectivity index (χ4n) is 1.19. The molecule has 2 N–H and O–H groups in total. The van der Waals surface area contributed by atoms with Crippen LogP contribution in [-0.4, -0.2) is 29.6 Å². The molecule has 2 rings (SSSR count). The first-order valence-electron chi connectivity index (χ1n) is 4.21. The van der Waals surface area contributed by atoms with Crippen LogP contribution in [0.15, 0.2) is 26.7 Å². The second kappa shape index (κ2) is 3.27. The van der Waals surface area contributed by atoms with E-state index in [4.69, 9.17) is 0 Å². The molecule has 0 spiro atoms. The second-order valence-corrected chi connectivity index (χ2v) is 5.19. The molecule has 0 bridgehead atoms. The van der Waals surface area contributed by atoms with E-state index in [0.29, 0.717) is 0 Å². The monoisotopic (exact) mass is 241 g/mol. The molecule has 0 aromatic carbocycles. The van der Waals surface area contributed by atoms with Gasteiger partial charge < -0.3 is 9.97 Å². The largest absolute Gasteiger partial charge is 0.315 e. The van der Waals surface area contributed by atoms with E-state index < -0.39 is 21.0 Å². The van der Waals surface area contributed by atoms with Crippen molar-refractivity contribution in [2.24, 2.45) is 0 Å². The van der Waals surface area contributed by atoms with Gasteiger partial charge >= 0.3 is 11.1 Å². The first-order valence-corrected chi connectivity index (χ1v) is 6.10. The molecule has 0 aliphatic carbocycles. The van der Waals surface area contributed by atoms with Crippen LogP contribution in [0.2, 0.25) is 0 Å². The Morgan fingerprint density at radius 2 is 1.75 bits per heavy atom. The summed E-state index contributed by atoms with van der Waals surface area (Å²) < 4.78 is 22.4. The van der Waals surface area contributed by atoms with Gasteiger partial charge in [-0.2, -0.15) is 0 Å². The Morgan fingerprint density at radius 1 is 1.12 bits per heavy atom. The van der Waals surface area contributed by atoms with Crippen LogP contribution in [0.4, 0.5) is 0 Å². The maximum Gasteiger partial charge on any atom is 0.315 e. The van der Waals surface area contributed by atoms with Crippen molar-refractivity contribution < 1.29 is 8.42 Å². The zero-order chi connectivity index (χ0) is 11.9. The van der Waals surface area contributed by atoms with Crippen molar-refractivity contribution in [1.82, 2.24) is 15.0 Å². The normalized spacial score (nSPS) is 11.8. The van der Waals surface area contributed by atoms with Crippen LogP contribution in [0.5, 0.6) is 0 Å². The molecule has 0 radical (unpaired) electrons. The number of pyridine rings is 1. The van der Waals surface area contributed by atoms with Crippen molar-refractivity contribution in [1.29, 1.82) is 0 Å². The SMILES string of the molecule is CS(=O)(=O)c1ccc2[nH]c(=O)c(=O)[nH]c2n1. The summed E-state index contributed by atoms with van der Waals surface area (Å²) in [6, 6.07) is 2.63. The molecular weight excluding hydrogens is 234 g/mol. The summed E-state index contributed by atoms with van der Waals surface area (Å²) in [5.41, 5.74) is -1.36. The molecule has 2 aromatic rings. The van der Waals surface area contributed by atoms with E-state index in [1.165, 1.54) is 12.1 Å². The average Bonchev–Trinajstić information content (AvgIpc) is 2.17. The first-order chi connectivity index (χ1) is 7.38. The van der Waals surface area contributed by atoms with E-state index in [-0.39, 0.29) is 16.2 Å². The summed E-state index contributed by atoms with van der Waals surface area (Å²) in [6.45, 7) is 0. The molecule has 8 heteroatoms. The van der Waals surface area contributed by atoms with Gasteiger partial charge in [0, 0.05) is 6.26 Å². The van der Waals surface area contributed by atoms with E-state index in [9.17, 15) is 18.0 Å². The molecule has 0 amide bonds. The molecular formula is C8H7N3O4S. The number of aromatic amines is 2. The van der Waals surface area contributed by atoms with Crippen molar-refractivity contribution in [3.8, 4) is 0 Å². The minimum absolute atomic E-state index is 0.0347. The van der Waals surface area contributed by atoms with Crippen LogP contribution in [0.3, 0.4) is 0 Å². The Morgan fingerprint density at radius 3 is 2.38 bits per heavy atom. The third-order valence-electron chi connectivity index (χ3n) is 1.94. The maximum atomic E-state index is 11.2. The zero-order valence-corrected chi connectivity index (χ0v) is 8.96. The molecule has 0 atom stereocenters. The molecule has 2 heterocycles. The Hall–Kier alpha value is -1.96. The van der Waals surface area contributed by atoms with Crippen molar-refractivity contribution >= 4 is 21.0 Å². The lowest BCUT2D eigenvalue weighted by atomic mass is 10.4. The number of aromatic nitrogens is 3. The zero-order valence-electron chi connectivity index (χ0n) is 8.14. The summed E-state index contributed by atoms with van der Waals surface area (Å²) in [5.74, 6) is 0. The van der Waals surface area contributed by atoms with E-state index in [1.54, 1.807) is 0 Å². The molecule has 0 aliphatic heterocycles. The van der Waals surface area contributed by atoms with Gasteiger partial charge in [0.2, 0.25) is 0 Å². The van der Waals surface area contributed by atoms with E-state index >= 15 is 0 Å². The topological polar surface area (TPSA) is 113 Å². The lowest BCUT2D eigenvalue weighted by Gasteiger charge is -1.99. The fourth-order valence-corrected chi connectivity index (χ4v) is 1.76. The van der Waals surface area contributed by atoms with Crippen LogP contribution in [0, 0.1) is 0 Å². The predicted octanol–water partition coefficient (Wildman–Crippen LogP) is -0.985. The standard InChI is InChI=1S/C8H7N3O4S/c1-16(14,15)5-3-2-4-6(10-5)11-8(13)7(12)9-4/h2-3H,1H3,(H,9,12)(H,10,11,13). The molecule has 0 saturated carbocycles. The van der Waals surface area contributed by atoms with E-state index in [2.05, 4.69) is 15.0 Å². The number of rotatable bonds is 1. The summed E-state index contributed by atoms with van der Waals surface area (Å²) in [7, 11) is -3.44. The second-order valence-electron chi connectivity index (χ2n) is 3.23. The van der Waals surface area contributed by atoms with Gasteiger partial charge in [-0.1, -0.05) is 0 Å². The quantitative estimate of drug-likeness (QED) is 0.623. The number of nitrogens with one attached hydrogen (secondary N) is 2. The number of sulfone groups is 1. The fraction of sp³-hybridized carbons (Fsp3) is 0.125. The van der Waals surface area contributed by atoms with Gasteiger partial charge in [0.15, 0.2) is 20.5 Å². The smallest absolute Gasteiger partial charge is 0.315 e. The van der Waals surface area contributed by atoms with Crippen molar-refractivity contribution in [2.45, 2.75) is 5.03 Å². The van der Waals surface area contributed by atoms with Crippen LogP contribution in [-0.2, 0) is 9.84 Å². The predicted molar refractivity (Wildman–Crippen MR) is 56.1 cm³/mol. The molecule has 2 aromatic heterocycles. The number of nitrogens with zero attached hydrogens (tertiary/aromatic N) is 1. The summed E-state index contributed by atoms with van der Waals surface area (Å²) >= 11 is 0. The van der Waals surface area contributed by atoms with Gasteiger partial charge in [0.1, 0.15) is 0 Å². The van der Waals surface area contributed by atoms with E-state index in [0.717, 1.165) is 6.26 Å². The van der Waals surface area contributed by atoms with Crippen molar-refractivity contribution in [3.05, 3.63) is 32.8 Å². The van der Waals surface area contributed by atoms with Gasteiger partial charge in [-0.25, -0.2) is 13.4 Å². The van der Waals surface area contributed by atoms with Gasteiger partial charge in [0.25, 0.3) is 0 Å². The molecule has 16 heavy (non-hydrogen) atoms. The average molecular weight is 241 g/mol. The lowest BCUT2D eigenvalue weighted by Crippen LogP contribution is -2.29. The Balaban J connectivity index is 2.87. The number of hydrogen-bond donors (Lipinski definition) is 2. The van der Waals surface area contributed by atoms with Crippen LogP contribution in [0.25, 0.3) is 11.2 Å². The number of fused-ring (bicyclic) bond motifs is 1. The summed E-state index contributed by atoms with van der Waals surface area (Å²) in [4.78, 5) is 30.2. The Bertz CT molecular complexity index is 772. The van der Waals surface area contributed by atoms with Crippen LogP contribution in [0.1, 0.15) is 0 Å². The minimum Gasteiger partial charge on any atom is -0.315 e. The maximum absolute atomic E-state index is 11.2.